The summed E-state index contributed by atoms with van der Waals surface area (Å²) in [7, 11) is -2.05. The Bertz CT molecular complexity index is 891. The van der Waals surface area contributed by atoms with E-state index in [1.54, 1.807) is 24.3 Å². The van der Waals surface area contributed by atoms with Gasteiger partial charge >= 0.3 is 6.18 Å². The summed E-state index contributed by atoms with van der Waals surface area (Å²) in [5.41, 5.74) is 0.270. The summed E-state index contributed by atoms with van der Waals surface area (Å²) in [4.78, 5) is 4.00. The summed E-state index contributed by atoms with van der Waals surface area (Å²) in [5, 5.41) is 0. The zero-order valence-electron chi connectivity index (χ0n) is 14.7. The molecule has 1 aliphatic heterocycles. The maximum atomic E-state index is 12.8. The first kappa shape index (κ1) is 19.5. The van der Waals surface area contributed by atoms with Gasteiger partial charge in [0.15, 0.2) is 0 Å². The minimum absolute atomic E-state index is 0.297. The van der Waals surface area contributed by atoms with E-state index < -0.39 is 26.7 Å². The van der Waals surface area contributed by atoms with Crippen LogP contribution in [0.25, 0.3) is 0 Å². The standard InChI is InChI=1S/C18H20F3N3O2S/c1-23-9-11-24(12-10-23)16-7-5-15(6-8-16)22-27(25,26)17-4-2-3-14(13-17)18(19,20)21/h2-8,13,22H,9-12H2,1H3. The second-order valence-electron chi connectivity index (χ2n) is 6.47. The lowest BCUT2D eigenvalue weighted by Crippen LogP contribution is -2.44. The molecular weight excluding hydrogens is 379 g/mol. The summed E-state index contributed by atoms with van der Waals surface area (Å²) in [6.45, 7) is 3.66. The molecule has 0 amide bonds. The Morgan fingerprint density at radius 2 is 1.59 bits per heavy atom. The van der Waals surface area contributed by atoms with Gasteiger partial charge in [0.1, 0.15) is 0 Å². The third-order valence-corrected chi connectivity index (χ3v) is 5.84. The number of hydrogen-bond acceptors (Lipinski definition) is 4. The van der Waals surface area contributed by atoms with Gasteiger partial charge in [0.25, 0.3) is 10.0 Å². The monoisotopic (exact) mass is 399 g/mol. The van der Waals surface area contributed by atoms with Gasteiger partial charge in [-0.15, -0.1) is 0 Å². The molecule has 0 aromatic heterocycles. The number of alkyl halides is 3. The number of nitrogens with one attached hydrogen (secondary N) is 1. The van der Waals surface area contributed by atoms with E-state index >= 15 is 0 Å². The lowest BCUT2D eigenvalue weighted by molar-refractivity contribution is -0.137. The number of anilines is 2. The summed E-state index contributed by atoms with van der Waals surface area (Å²) >= 11 is 0. The predicted molar refractivity (Wildman–Crippen MR) is 98.4 cm³/mol. The van der Waals surface area contributed by atoms with E-state index in [0.717, 1.165) is 50.1 Å². The molecule has 0 unspecified atom stereocenters. The van der Waals surface area contributed by atoms with Gasteiger partial charge in [0, 0.05) is 37.6 Å². The van der Waals surface area contributed by atoms with Crippen molar-refractivity contribution < 1.29 is 21.6 Å². The van der Waals surface area contributed by atoms with Crippen LogP contribution in [-0.4, -0.2) is 46.5 Å². The van der Waals surface area contributed by atoms with Crippen LogP contribution < -0.4 is 9.62 Å². The molecule has 1 saturated heterocycles. The van der Waals surface area contributed by atoms with Crippen molar-refractivity contribution in [2.75, 3.05) is 42.8 Å². The van der Waals surface area contributed by atoms with Crippen LogP contribution >= 0.6 is 0 Å². The highest BCUT2D eigenvalue weighted by Gasteiger charge is 2.31. The van der Waals surface area contributed by atoms with Crippen molar-refractivity contribution in [3.8, 4) is 0 Å². The number of piperazine rings is 1. The largest absolute Gasteiger partial charge is 0.416 e. The predicted octanol–water partition coefficient (Wildman–Crippen LogP) is 3.26. The molecule has 146 valence electrons. The third-order valence-electron chi connectivity index (χ3n) is 4.46. The quantitative estimate of drug-likeness (QED) is 0.858. The molecule has 0 aliphatic carbocycles. The van der Waals surface area contributed by atoms with E-state index in [2.05, 4.69) is 21.6 Å². The third kappa shape index (κ3) is 4.72. The molecule has 0 bridgehead atoms. The van der Waals surface area contributed by atoms with Gasteiger partial charge in [-0.05, 0) is 49.5 Å². The first-order valence-corrected chi connectivity index (χ1v) is 9.87. The molecule has 1 aliphatic rings. The molecule has 2 aromatic rings. The normalized spacial score (nSPS) is 16.4. The SMILES string of the molecule is CN1CCN(c2ccc(NS(=O)(=O)c3cccc(C(F)(F)F)c3)cc2)CC1. The van der Waals surface area contributed by atoms with Crippen LogP contribution in [0.15, 0.2) is 53.4 Å². The molecule has 0 saturated carbocycles. The van der Waals surface area contributed by atoms with Crippen LogP contribution in [0, 0.1) is 0 Å². The van der Waals surface area contributed by atoms with Crippen LogP contribution in [0.4, 0.5) is 24.5 Å². The lowest BCUT2D eigenvalue weighted by atomic mass is 10.2. The zero-order chi connectivity index (χ0) is 19.7. The fourth-order valence-corrected chi connectivity index (χ4v) is 3.96. The maximum Gasteiger partial charge on any atom is 0.416 e. The number of halogens is 3. The first-order chi connectivity index (χ1) is 12.6. The van der Waals surface area contributed by atoms with Crippen LogP contribution in [0.2, 0.25) is 0 Å². The Hall–Kier alpha value is -2.26. The fraction of sp³-hybridized carbons (Fsp3) is 0.333. The number of benzene rings is 2. The van der Waals surface area contributed by atoms with Crippen molar-refractivity contribution in [2.45, 2.75) is 11.1 Å². The highest BCUT2D eigenvalue weighted by Crippen LogP contribution is 2.31. The molecule has 2 aromatic carbocycles. The van der Waals surface area contributed by atoms with E-state index in [0.29, 0.717) is 11.8 Å². The van der Waals surface area contributed by atoms with Crippen molar-refractivity contribution in [3.63, 3.8) is 0 Å². The molecule has 0 radical (unpaired) electrons. The van der Waals surface area contributed by atoms with E-state index in [1.165, 1.54) is 0 Å². The maximum absolute atomic E-state index is 12.8. The number of hydrogen-bond donors (Lipinski definition) is 1. The minimum atomic E-state index is -4.60. The molecule has 3 rings (SSSR count). The second-order valence-corrected chi connectivity index (χ2v) is 8.15. The lowest BCUT2D eigenvalue weighted by Gasteiger charge is -2.34. The van der Waals surface area contributed by atoms with Gasteiger partial charge in [-0.25, -0.2) is 8.42 Å². The topological polar surface area (TPSA) is 52.6 Å². The summed E-state index contributed by atoms with van der Waals surface area (Å²) in [6.07, 6.45) is -4.60. The summed E-state index contributed by atoms with van der Waals surface area (Å²) in [5.74, 6) is 0. The van der Waals surface area contributed by atoms with Crippen LogP contribution in [-0.2, 0) is 16.2 Å². The van der Waals surface area contributed by atoms with Crippen molar-refractivity contribution in [3.05, 3.63) is 54.1 Å². The van der Waals surface area contributed by atoms with Crippen LogP contribution in [0.5, 0.6) is 0 Å². The molecule has 0 atom stereocenters. The van der Waals surface area contributed by atoms with Crippen molar-refractivity contribution in [1.29, 1.82) is 0 Å². The van der Waals surface area contributed by atoms with Gasteiger partial charge < -0.3 is 9.80 Å². The molecule has 1 N–H and O–H groups in total. The van der Waals surface area contributed by atoms with Crippen LogP contribution in [0.3, 0.4) is 0 Å². The van der Waals surface area contributed by atoms with Gasteiger partial charge in [-0.1, -0.05) is 6.07 Å². The second kappa shape index (κ2) is 7.40. The Balaban J connectivity index is 1.74. The summed E-state index contributed by atoms with van der Waals surface area (Å²) < 4.78 is 65.6. The van der Waals surface area contributed by atoms with E-state index in [9.17, 15) is 21.6 Å². The van der Waals surface area contributed by atoms with Gasteiger partial charge in [-0.2, -0.15) is 13.2 Å². The number of rotatable bonds is 4. The van der Waals surface area contributed by atoms with Crippen LogP contribution in [0.1, 0.15) is 5.56 Å². The van der Waals surface area contributed by atoms with Crippen molar-refractivity contribution in [1.82, 2.24) is 4.90 Å². The average molecular weight is 399 g/mol. The molecule has 9 heteroatoms. The van der Waals surface area contributed by atoms with E-state index in [1.807, 2.05) is 0 Å². The molecular formula is C18H20F3N3O2S. The molecule has 1 fully saturated rings. The Morgan fingerprint density at radius 1 is 0.963 bits per heavy atom. The Labute approximate surface area is 156 Å². The Kier molecular flexibility index (Phi) is 5.34. The van der Waals surface area contributed by atoms with Gasteiger partial charge in [-0.3, -0.25) is 4.72 Å². The average Bonchev–Trinajstić information content (AvgIpc) is 2.62. The minimum Gasteiger partial charge on any atom is -0.369 e. The van der Waals surface area contributed by atoms with E-state index in [-0.39, 0.29) is 0 Å². The van der Waals surface area contributed by atoms with Gasteiger partial charge in [0.05, 0.1) is 10.5 Å². The highest BCUT2D eigenvalue weighted by atomic mass is 32.2. The highest BCUT2D eigenvalue weighted by molar-refractivity contribution is 7.92. The molecule has 5 nitrogen and oxygen atoms in total. The molecule has 0 spiro atoms. The number of nitrogens with zero attached hydrogens (tertiary/aromatic N) is 2. The smallest absolute Gasteiger partial charge is 0.369 e. The van der Waals surface area contributed by atoms with E-state index in [4.69, 9.17) is 0 Å². The van der Waals surface area contributed by atoms with Crippen molar-refractivity contribution >= 4 is 21.4 Å². The molecule has 1 heterocycles. The van der Waals surface area contributed by atoms with Gasteiger partial charge in [0.2, 0.25) is 0 Å². The Morgan fingerprint density at radius 3 is 2.19 bits per heavy atom. The fourth-order valence-electron chi connectivity index (χ4n) is 2.86. The van der Waals surface area contributed by atoms with Crippen molar-refractivity contribution in [2.24, 2.45) is 0 Å². The first-order valence-electron chi connectivity index (χ1n) is 8.39. The number of sulfonamides is 1. The number of likely N-dealkylation sites (N-methyl/N-ethyl adjacent to an activating group) is 1. The zero-order valence-corrected chi connectivity index (χ0v) is 15.5. The summed E-state index contributed by atoms with van der Waals surface area (Å²) in [6, 6.07) is 10.5. The molecule has 27 heavy (non-hydrogen) atoms.